The molecule has 4 aromatic rings. The number of rotatable bonds is 5. The molecule has 0 fully saturated rings. The topological polar surface area (TPSA) is 81.2 Å². The largest absolute Gasteiger partial charge is 0.461 e. The highest BCUT2D eigenvalue weighted by Crippen LogP contribution is 2.26. The fourth-order valence-electron chi connectivity index (χ4n) is 2.91. The second-order valence-corrected chi connectivity index (χ2v) is 7.01. The molecule has 29 heavy (non-hydrogen) atoms. The number of carbonyl (C=O) groups is 2. The fourth-order valence-corrected chi connectivity index (χ4v) is 3.59. The number of esters is 1. The summed E-state index contributed by atoms with van der Waals surface area (Å²) in [6.45, 7) is 2.00. The molecule has 4 rings (SSSR count). The summed E-state index contributed by atoms with van der Waals surface area (Å²) >= 11 is 1.17. The number of anilines is 1. The molecule has 0 aliphatic carbocycles. The molecule has 0 radical (unpaired) electrons. The molecule has 0 unspecified atom stereocenters. The Morgan fingerprint density at radius 3 is 2.59 bits per heavy atom. The highest BCUT2D eigenvalue weighted by atomic mass is 32.1. The molecule has 1 N–H and O–H groups in total. The van der Waals surface area contributed by atoms with Gasteiger partial charge in [-0.3, -0.25) is 10.1 Å². The molecule has 0 aliphatic heterocycles. The van der Waals surface area contributed by atoms with Gasteiger partial charge in [-0.05, 0) is 19.1 Å². The minimum absolute atomic E-state index is 0.178. The number of para-hydroxylation sites is 1. The molecule has 2 aromatic carbocycles. The van der Waals surface area contributed by atoms with E-state index in [-0.39, 0.29) is 18.2 Å². The summed E-state index contributed by atoms with van der Waals surface area (Å²) in [5, 5.41) is 5.42. The van der Waals surface area contributed by atoms with Crippen molar-refractivity contribution < 1.29 is 14.3 Å². The van der Waals surface area contributed by atoms with E-state index in [0.717, 1.165) is 16.5 Å². The summed E-state index contributed by atoms with van der Waals surface area (Å²) in [4.78, 5) is 33.7. The van der Waals surface area contributed by atoms with E-state index in [1.54, 1.807) is 18.4 Å². The van der Waals surface area contributed by atoms with Gasteiger partial charge in [0.1, 0.15) is 0 Å². The van der Waals surface area contributed by atoms with Crippen LogP contribution >= 0.6 is 11.3 Å². The van der Waals surface area contributed by atoms with Crippen molar-refractivity contribution in [2.24, 2.45) is 0 Å². The van der Waals surface area contributed by atoms with Crippen molar-refractivity contribution in [3.8, 4) is 11.3 Å². The van der Waals surface area contributed by atoms with Crippen LogP contribution < -0.4 is 5.32 Å². The van der Waals surface area contributed by atoms with Gasteiger partial charge >= 0.3 is 5.97 Å². The first kappa shape index (κ1) is 18.8. The lowest BCUT2D eigenvalue weighted by Gasteiger charge is -2.09. The van der Waals surface area contributed by atoms with Crippen molar-refractivity contribution in [1.82, 2.24) is 9.97 Å². The van der Waals surface area contributed by atoms with E-state index in [4.69, 9.17) is 4.74 Å². The van der Waals surface area contributed by atoms with Gasteiger partial charge in [0.25, 0.3) is 5.91 Å². The van der Waals surface area contributed by atoms with Crippen LogP contribution in [0, 0.1) is 0 Å². The first-order chi connectivity index (χ1) is 14.2. The van der Waals surface area contributed by atoms with Gasteiger partial charge in [0.15, 0.2) is 10.8 Å². The van der Waals surface area contributed by atoms with Gasteiger partial charge < -0.3 is 4.74 Å². The average molecular weight is 403 g/mol. The van der Waals surface area contributed by atoms with E-state index in [9.17, 15) is 9.59 Å². The number of carbonyl (C=O) groups excluding carboxylic acids is 2. The van der Waals surface area contributed by atoms with Crippen LogP contribution in [-0.2, 0) is 4.74 Å². The second kappa shape index (κ2) is 8.20. The molecular formula is C22H17N3O3S. The Bertz CT molecular complexity index is 1190. The van der Waals surface area contributed by atoms with Crippen molar-refractivity contribution in [2.75, 3.05) is 11.9 Å². The lowest BCUT2D eigenvalue weighted by Crippen LogP contribution is -2.13. The van der Waals surface area contributed by atoms with Gasteiger partial charge in [0, 0.05) is 16.3 Å². The number of nitrogens with zero attached hydrogens (tertiary/aromatic N) is 2. The maximum Gasteiger partial charge on any atom is 0.357 e. The zero-order valence-corrected chi connectivity index (χ0v) is 16.4. The molecule has 0 aliphatic rings. The van der Waals surface area contributed by atoms with E-state index < -0.39 is 5.97 Å². The third kappa shape index (κ3) is 4.00. The van der Waals surface area contributed by atoms with Crippen molar-refractivity contribution in [1.29, 1.82) is 0 Å². The van der Waals surface area contributed by atoms with Crippen LogP contribution in [0.5, 0.6) is 0 Å². The second-order valence-electron chi connectivity index (χ2n) is 6.15. The van der Waals surface area contributed by atoms with Crippen LogP contribution in [-0.4, -0.2) is 28.5 Å². The summed E-state index contributed by atoms with van der Waals surface area (Å²) in [5.41, 5.74) is 3.02. The third-order valence-electron chi connectivity index (χ3n) is 4.24. The van der Waals surface area contributed by atoms with Crippen LogP contribution in [0.2, 0.25) is 0 Å². The fraction of sp³-hybridized carbons (Fsp3) is 0.0909. The quantitative estimate of drug-likeness (QED) is 0.485. The maximum absolute atomic E-state index is 13.0. The summed E-state index contributed by atoms with van der Waals surface area (Å²) in [6, 6.07) is 18.9. The number of benzene rings is 2. The Morgan fingerprint density at radius 2 is 1.79 bits per heavy atom. The number of aromatic nitrogens is 2. The molecule has 1 amide bonds. The van der Waals surface area contributed by atoms with E-state index in [0.29, 0.717) is 16.4 Å². The number of thiazole rings is 1. The summed E-state index contributed by atoms with van der Waals surface area (Å²) in [5.74, 6) is -0.824. The molecule has 2 aromatic heterocycles. The molecular weight excluding hydrogens is 386 g/mol. The zero-order valence-electron chi connectivity index (χ0n) is 15.6. The summed E-state index contributed by atoms with van der Waals surface area (Å²) in [7, 11) is 0. The van der Waals surface area contributed by atoms with Crippen molar-refractivity contribution in [2.45, 2.75) is 6.92 Å². The standard InChI is InChI=1S/C22H17N3O3S/c1-2-28-21(27)19-13-29-22(24-19)25-20(26)16-12-18(14-8-4-3-5-9-14)23-17-11-7-6-10-15(16)17/h3-13H,2H2,1H3,(H,24,25,26). The van der Waals surface area contributed by atoms with Crippen LogP contribution in [0.4, 0.5) is 5.13 Å². The molecule has 0 saturated heterocycles. The first-order valence-electron chi connectivity index (χ1n) is 9.05. The predicted molar refractivity (Wildman–Crippen MR) is 113 cm³/mol. The van der Waals surface area contributed by atoms with E-state index in [1.807, 2.05) is 54.6 Å². The molecule has 0 saturated carbocycles. The predicted octanol–water partition coefficient (Wildman–Crippen LogP) is 4.79. The van der Waals surface area contributed by atoms with Gasteiger partial charge in [-0.15, -0.1) is 11.3 Å². The minimum Gasteiger partial charge on any atom is -0.461 e. The first-order valence-corrected chi connectivity index (χ1v) is 9.93. The highest BCUT2D eigenvalue weighted by molar-refractivity contribution is 7.14. The number of hydrogen-bond acceptors (Lipinski definition) is 6. The number of hydrogen-bond donors (Lipinski definition) is 1. The number of amides is 1. The number of pyridine rings is 1. The van der Waals surface area contributed by atoms with Crippen LogP contribution in [0.3, 0.4) is 0 Å². The number of fused-ring (bicyclic) bond motifs is 1. The van der Waals surface area contributed by atoms with Gasteiger partial charge in [-0.1, -0.05) is 48.5 Å². The molecule has 144 valence electrons. The number of nitrogens with one attached hydrogen (secondary N) is 1. The van der Waals surface area contributed by atoms with Crippen LogP contribution in [0.25, 0.3) is 22.2 Å². The molecule has 7 heteroatoms. The minimum atomic E-state index is -0.509. The van der Waals surface area contributed by atoms with E-state index in [1.165, 1.54) is 11.3 Å². The van der Waals surface area contributed by atoms with Gasteiger partial charge in [0.2, 0.25) is 0 Å². The summed E-state index contributed by atoms with van der Waals surface area (Å²) in [6.07, 6.45) is 0. The Labute approximate surface area is 171 Å². The van der Waals surface area contributed by atoms with E-state index in [2.05, 4.69) is 15.3 Å². The Balaban J connectivity index is 1.69. The van der Waals surface area contributed by atoms with Crippen molar-refractivity contribution in [3.05, 3.63) is 77.3 Å². The van der Waals surface area contributed by atoms with Gasteiger partial charge in [-0.2, -0.15) is 0 Å². The smallest absolute Gasteiger partial charge is 0.357 e. The molecule has 0 atom stereocenters. The normalized spacial score (nSPS) is 10.7. The Kier molecular flexibility index (Phi) is 5.31. The lowest BCUT2D eigenvalue weighted by molar-refractivity contribution is 0.0520. The Hall–Kier alpha value is -3.58. The molecule has 2 heterocycles. The third-order valence-corrected chi connectivity index (χ3v) is 5.00. The van der Waals surface area contributed by atoms with Gasteiger partial charge in [0.05, 0.1) is 23.4 Å². The lowest BCUT2D eigenvalue weighted by atomic mass is 10.0. The number of ether oxygens (including phenoxy) is 1. The molecule has 0 spiro atoms. The van der Waals surface area contributed by atoms with Crippen molar-refractivity contribution >= 4 is 39.2 Å². The van der Waals surface area contributed by atoms with Crippen LogP contribution in [0.15, 0.2) is 66.0 Å². The summed E-state index contributed by atoms with van der Waals surface area (Å²) < 4.78 is 4.94. The van der Waals surface area contributed by atoms with Crippen molar-refractivity contribution in [3.63, 3.8) is 0 Å². The van der Waals surface area contributed by atoms with Crippen LogP contribution in [0.1, 0.15) is 27.8 Å². The molecule has 0 bridgehead atoms. The van der Waals surface area contributed by atoms with Gasteiger partial charge in [-0.25, -0.2) is 14.8 Å². The monoisotopic (exact) mass is 403 g/mol. The van der Waals surface area contributed by atoms with E-state index >= 15 is 0 Å². The average Bonchev–Trinajstić information content (AvgIpc) is 3.22. The zero-order chi connectivity index (χ0) is 20.2. The molecule has 6 nitrogen and oxygen atoms in total. The SMILES string of the molecule is CCOC(=O)c1csc(NC(=O)c2cc(-c3ccccc3)nc3ccccc23)n1. The maximum atomic E-state index is 13.0. The Morgan fingerprint density at radius 1 is 1.03 bits per heavy atom. The highest BCUT2D eigenvalue weighted by Gasteiger charge is 2.17.